The molecule has 0 aliphatic rings. The van der Waals surface area contributed by atoms with Gasteiger partial charge in [0.15, 0.2) is 11.8 Å². The molecule has 0 unspecified atom stereocenters. The number of esters is 4. The van der Waals surface area contributed by atoms with E-state index < -0.39 is 41.6 Å². The number of rotatable bonds is 11. The lowest BCUT2D eigenvalue weighted by Crippen LogP contribution is -2.44. The average molecular weight is 400 g/mol. The van der Waals surface area contributed by atoms with Gasteiger partial charge in [0.25, 0.3) is 0 Å². The zero-order valence-electron chi connectivity index (χ0n) is 17.8. The molecule has 0 saturated carbocycles. The molecule has 0 aliphatic heterocycles. The Balaban J connectivity index is 5.99. The van der Waals surface area contributed by atoms with Gasteiger partial charge in [-0.05, 0) is 39.0 Å². The van der Waals surface area contributed by atoms with Crippen LogP contribution in [0.2, 0.25) is 0 Å². The van der Waals surface area contributed by atoms with Crippen molar-refractivity contribution < 1.29 is 38.1 Å². The molecule has 1 atom stereocenters. The molecule has 0 fully saturated rings. The standard InChI is InChI=1S/C20H32O8/c1-12(2)9-8-10-13(3)11-14(15(17(21)25-4)18(22)26-5)16(19(23)27-6)20(24)28-7/h9,13-16H,8,10-11H2,1-7H3/t13-/m1/s1. The van der Waals surface area contributed by atoms with E-state index in [-0.39, 0.29) is 12.3 Å². The first kappa shape index (κ1) is 25.6. The molecule has 0 radical (unpaired) electrons. The molecule has 8 nitrogen and oxygen atoms in total. The summed E-state index contributed by atoms with van der Waals surface area (Å²) in [4.78, 5) is 49.3. The largest absolute Gasteiger partial charge is 0.468 e. The lowest BCUT2D eigenvalue weighted by Gasteiger charge is -2.29. The molecule has 0 saturated heterocycles. The van der Waals surface area contributed by atoms with Gasteiger partial charge in [0.05, 0.1) is 28.4 Å². The first-order valence-electron chi connectivity index (χ1n) is 9.09. The predicted molar refractivity (Wildman–Crippen MR) is 101 cm³/mol. The fourth-order valence-corrected chi connectivity index (χ4v) is 3.10. The Morgan fingerprint density at radius 3 is 1.39 bits per heavy atom. The second kappa shape index (κ2) is 12.9. The van der Waals surface area contributed by atoms with Gasteiger partial charge in [0.2, 0.25) is 0 Å². The number of hydrogen-bond acceptors (Lipinski definition) is 8. The molecule has 160 valence electrons. The number of carbonyl (C=O) groups is 4. The monoisotopic (exact) mass is 400 g/mol. The fourth-order valence-electron chi connectivity index (χ4n) is 3.10. The molecule has 0 spiro atoms. The quantitative estimate of drug-likeness (QED) is 0.225. The second-order valence-electron chi connectivity index (χ2n) is 6.91. The average Bonchev–Trinajstić information content (AvgIpc) is 2.66. The summed E-state index contributed by atoms with van der Waals surface area (Å²) in [7, 11) is 4.50. The van der Waals surface area contributed by atoms with Crippen LogP contribution in [0.15, 0.2) is 11.6 Å². The van der Waals surface area contributed by atoms with Gasteiger partial charge in [0, 0.05) is 5.92 Å². The summed E-state index contributed by atoms with van der Waals surface area (Å²) in [6, 6.07) is 0. The predicted octanol–water partition coefficient (Wildman–Crippen LogP) is 2.30. The summed E-state index contributed by atoms with van der Waals surface area (Å²) in [6.07, 6.45) is 3.83. The Hall–Kier alpha value is -2.38. The van der Waals surface area contributed by atoms with Crippen LogP contribution in [0.5, 0.6) is 0 Å². The maximum atomic E-state index is 12.3. The van der Waals surface area contributed by atoms with Gasteiger partial charge in [-0.1, -0.05) is 18.6 Å². The summed E-state index contributed by atoms with van der Waals surface area (Å²) >= 11 is 0. The molecule has 0 N–H and O–H groups in total. The molecule has 0 bridgehead atoms. The highest BCUT2D eigenvalue weighted by Crippen LogP contribution is 2.33. The van der Waals surface area contributed by atoms with Crippen LogP contribution < -0.4 is 0 Å². The van der Waals surface area contributed by atoms with E-state index in [0.717, 1.165) is 41.3 Å². The zero-order chi connectivity index (χ0) is 21.9. The molecular weight excluding hydrogens is 368 g/mol. The third-order valence-corrected chi connectivity index (χ3v) is 4.56. The summed E-state index contributed by atoms with van der Waals surface area (Å²) in [5.41, 5.74) is 1.17. The Bertz CT molecular complexity index is 509. The molecular formula is C20H32O8. The normalized spacial score (nSPS) is 11.8. The minimum atomic E-state index is -1.45. The molecule has 0 aromatic carbocycles. The molecule has 28 heavy (non-hydrogen) atoms. The van der Waals surface area contributed by atoms with Crippen molar-refractivity contribution in [3.63, 3.8) is 0 Å². The highest BCUT2D eigenvalue weighted by molar-refractivity contribution is 6.00. The highest BCUT2D eigenvalue weighted by Gasteiger charge is 2.48. The number of ether oxygens (including phenoxy) is 4. The lowest BCUT2D eigenvalue weighted by atomic mass is 9.75. The topological polar surface area (TPSA) is 105 Å². The molecule has 8 heteroatoms. The first-order chi connectivity index (χ1) is 13.1. The van der Waals surface area contributed by atoms with Crippen molar-refractivity contribution in [1.29, 1.82) is 0 Å². The van der Waals surface area contributed by atoms with E-state index in [1.807, 2.05) is 20.8 Å². The Kier molecular flexibility index (Phi) is 11.8. The third-order valence-electron chi connectivity index (χ3n) is 4.56. The number of hydrogen-bond donors (Lipinski definition) is 0. The lowest BCUT2D eigenvalue weighted by molar-refractivity contribution is -0.170. The maximum Gasteiger partial charge on any atom is 0.320 e. The third kappa shape index (κ3) is 7.70. The van der Waals surface area contributed by atoms with E-state index in [0.29, 0.717) is 0 Å². The summed E-state index contributed by atoms with van der Waals surface area (Å²) in [6.45, 7) is 5.90. The van der Waals surface area contributed by atoms with Gasteiger partial charge < -0.3 is 18.9 Å². The van der Waals surface area contributed by atoms with E-state index in [1.54, 1.807) is 0 Å². The van der Waals surface area contributed by atoms with Crippen molar-refractivity contribution in [1.82, 2.24) is 0 Å². The smallest absolute Gasteiger partial charge is 0.320 e. The Labute approximate surface area is 166 Å². The Morgan fingerprint density at radius 2 is 1.11 bits per heavy atom. The van der Waals surface area contributed by atoms with Gasteiger partial charge in [-0.15, -0.1) is 0 Å². The van der Waals surface area contributed by atoms with Crippen LogP contribution in [0.25, 0.3) is 0 Å². The minimum absolute atomic E-state index is 0.00535. The van der Waals surface area contributed by atoms with E-state index in [1.165, 1.54) is 5.57 Å². The molecule has 0 rings (SSSR count). The zero-order valence-corrected chi connectivity index (χ0v) is 17.8. The van der Waals surface area contributed by atoms with E-state index in [4.69, 9.17) is 18.9 Å². The van der Waals surface area contributed by atoms with E-state index in [2.05, 4.69) is 6.08 Å². The first-order valence-corrected chi connectivity index (χ1v) is 9.09. The van der Waals surface area contributed by atoms with Crippen LogP contribution in [-0.4, -0.2) is 52.3 Å². The van der Waals surface area contributed by atoms with Crippen LogP contribution in [0.1, 0.15) is 40.0 Å². The Morgan fingerprint density at radius 1 is 0.750 bits per heavy atom. The van der Waals surface area contributed by atoms with Crippen LogP contribution in [0, 0.1) is 23.7 Å². The number of allylic oxidation sites excluding steroid dienone is 2. The van der Waals surface area contributed by atoms with Crippen LogP contribution in [-0.2, 0) is 38.1 Å². The van der Waals surface area contributed by atoms with E-state index >= 15 is 0 Å². The van der Waals surface area contributed by atoms with Crippen molar-refractivity contribution in [2.45, 2.75) is 40.0 Å². The van der Waals surface area contributed by atoms with Crippen LogP contribution >= 0.6 is 0 Å². The summed E-state index contributed by atoms with van der Waals surface area (Å²) in [5, 5.41) is 0. The molecule has 0 amide bonds. The van der Waals surface area contributed by atoms with Gasteiger partial charge in [0.1, 0.15) is 0 Å². The fraction of sp³-hybridized carbons (Fsp3) is 0.700. The van der Waals surface area contributed by atoms with E-state index in [9.17, 15) is 19.2 Å². The van der Waals surface area contributed by atoms with Crippen molar-refractivity contribution in [2.24, 2.45) is 23.7 Å². The van der Waals surface area contributed by atoms with Crippen molar-refractivity contribution in [3.05, 3.63) is 11.6 Å². The van der Waals surface area contributed by atoms with Crippen LogP contribution in [0.3, 0.4) is 0 Å². The van der Waals surface area contributed by atoms with Gasteiger partial charge in [-0.2, -0.15) is 0 Å². The number of methoxy groups -OCH3 is 4. The maximum absolute atomic E-state index is 12.3. The van der Waals surface area contributed by atoms with Gasteiger partial charge in [-0.25, -0.2) is 0 Å². The SMILES string of the molecule is COC(=O)C(C(=O)OC)C(C[C@H](C)CCC=C(C)C)C(C(=O)OC)C(=O)OC. The molecule has 0 heterocycles. The van der Waals surface area contributed by atoms with Crippen LogP contribution in [0.4, 0.5) is 0 Å². The number of carbonyl (C=O) groups excluding carboxylic acids is 4. The van der Waals surface area contributed by atoms with Crippen molar-refractivity contribution in [3.8, 4) is 0 Å². The second-order valence-corrected chi connectivity index (χ2v) is 6.91. The van der Waals surface area contributed by atoms with Crippen molar-refractivity contribution >= 4 is 23.9 Å². The highest BCUT2D eigenvalue weighted by atomic mass is 16.6. The summed E-state index contributed by atoms with van der Waals surface area (Å²) < 4.78 is 18.9. The minimum Gasteiger partial charge on any atom is -0.468 e. The van der Waals surface area contributed by atoms with Gasteiger partial charge in [-0.3, -0.25) is 19.2 Å². The molecule has 0 aromatic rings. The molecule has 0 aliphatic carbocycles. The summed E-state index contributed by atoms with van der Waals surface area (Å²) in [5.74, 6) is -7.47. The van der Waals surface area contributed by atoms with Gasteiger partial charge >= 0.3 is 23.9 Å². The van der Waals surface area contributed by atoms with Crippen molar-refractivity contribution in [2.75, 3.05) is 28.4 Å². The molecule has 0 aromatic heterocycles.